The van der Waals surface area contributed by atoms with Crippen LogP contribution in [0.3, 0.4) is 0 Å². The SMILES string of the molecule is Nc1ccc([N+](=O)[O-])cc1COc1c(F)cc(F)cc1Br. The molecule has 2 N–H and O–H groups in total. The second kappa shape index (κ2) is 6.04. The van der Waals surface area contributed by atoms with Crippen LogP contribution in [0.4, 0.5) is 20.2 Å². The van der Waals surface area contributed by atoms with Crippen molar-refractivity contribution in [3.8, 4) is 5.75 Å². The van der Waals surface area contributed by atoms with Gasteiger partial charge in [0.2, 0.25) is 0 Å². The first-order chi connectivity index (χ1) is 9.88. The third-order valence-electron chi connectivity index (χ3n) is 2.67. The topological polar surface area (TPSA) is 78.4 Å². The largest absolute Gasteiger partial charge is 0.485 e. The number of nitrogens with zero attached hydrogens (tertiary/aromatic N) is 1. The summed E-state index contributed by atoms with van der Waals surface area (Å²) in [7, 11) is 0. The number of nitro groups is 1. The van der Waals surface area contributed by atoms with Gasteiger partial charge in [-0.2, -0.15) is 0 Å². The van der Waals surface area contributed by atoms with Crippen molar-refractivity contribution >= 4 is 27.3 Å². The van der Waals surface area contributed by atoms with Crippen LogP contribution < -0.4 is 10.5 Å². The van der Waals surface area contributed by atoms with Crippen molar-refractivity contribution in [3.63, 3.8) is 0 Å². The quantitative estimate of drug-likeness (QED) is 0.512. The molecule has 8 heteroatoms. The molecule has 0 saturated carbocycles. The van der Waals surface area contributed by atoms with Gasteiger partial charge in [0.1, 0.15) is 12.4 Å². The van der Waals surface area contributed by atoms with E-state index in [0.717, 1.165) is 6.07 Å². The van der Waals surface area contributed by atoms with Gasteiger partial charge < -0.3 is 10.5 Å². The van der Waals surface area contributed by atoms with E-state index in [1.165, 1.54) is 18.2 Å². The molecule has 110 valence electrons. The van der Waals surface area contributed by atoms with Crippen molar-refractivity contribution in [2.75, 3.05) is 5.73 Å². The average Bonchev–Trinajstić information content (AvgIpc) is 2.39. The molecule has 0 aromatic heterocycles. The number of non-ortho nitro benzene ring substituents is 1. The van der Waals surface area contributed by atoms with Crippen molar-refractivity contribution in [1.82, 2.24) is 0 Å². The predicted octanol–water partition coefficient (Wildman–Crippen LogP) is 3.80. The Kier molecular flexibility index (Phi) is 4.37. The number of halogens is 3. The summed E-state index contributed by atoms with van der Waals surface area (Å²) in [4.78, 5) is 10.1. The Morgan fingerprint density at radius 3 is 2.62 bits per heavy atom. The monoisotopic (exact) mass is 358 g/mol. The van der Waals surface area contributed by atoms with Crippen LogP contribution in [0.5, 0.6) is 5.75 Å². The molecule has 2 rings (SSSR count). The Hall–Kier alpha value is -2.22. The maximum atomic E-state index is 13.6. The summed E-state index contributed by atoms with van der Waals surface area (Å²) in [6.07, 6.45) is 0. The molecule has 0 spiro atoms. The maximum Gasteiger partial charge on any atom is 0.269 e. The summed E-state index contributed by atoms with van der Waals surface area (Å²) in [5, 5.41) is 10.7. The molecule has 0 unspecified atom stereocenters. The van der Waals surface area contributed by atoms with Gasteiger partial charge in [-0.05, 0) is 28.1 Å². The van der Waals surface area contributed by atoms with Gasteiger partial charge in [-0.15, -0.1) is 0 Å². The van der Waals surface area contributed by atoms with E-state index in [1.807, 2.05) is 0 Å². The van der Waals surface area contributed by atoms with Crippen LogP contribution in [-0.4, -0.2) is 4.92 Å². The second-order valence-electron chi connectivity index (χ2n) is 4.13. The molecule has 0 saturated heterocycles. The first-order valence-electron chi connectivity index (χ1n) is 5.68. The van der Waals surface area contributed by atoms with E-state index in [1.54, 1.807) is 0 Å². The molecule has 0 aliphatic carbocycles. The summed E-state index contributed by atoms with van der Waals surface area (Å²) in [6.45, 7) is -0.186. The van der Waals surface area contributed by atoms with E-state index in [4.69, 9.17) is 10.5 Å². The molecule has 0 heterocycles. The zero-order chi connectivity index (χ0) is 15.6. The zero-order valence-electron chi connectivity index (χ0n) is 10.5. The Morgan fingerprint density at radius 1 is 1.29 bits per heavy atom. The molecule has 0 aliphatic rings. The number of anilines is 1. The maximum absolute atomic E-state index is 13.6. The highest BCUT2D eigenvalue weighted by Crippen LogP contribution is 2.30. The number of nitrogen functional groups attached to an aromatic ring is 1. The second-order valence-corrected chi connectivity index (χ2v) is 4.98. The fourth-order valence-corrected chi connectivity index (χ4v) is 2.17. The number of hydrogen-bond donors (Lipinski definition) is 1. The Balaban J connectivity index is 2.24. The minimum absolute atomic E-state index is 0.101. The number of rotatable bonds is 4. The highest BCUT2D eigenvalue weighted by Gasteiger charge is 2.14. The third-order valence-corrected chi connectivity index (χ3v) is 3.26. The first-order valence-corrected chi connectivity index (χ1v) is 6.48. The van der Waals surface area contributed by atoms with Crippen LogP contribution in [0.15, 0.2) is 34.8 Å². The fraction of sp³-hybridized carbons (Fsp3) is 0.0769. The Morgan fingerprint density at radius 2 is 2.00 bits per heavy atom. The minimum atomic E-state index is -0.883. The van der Waals surface area contributed by atoms with Crippen molar-refractivity contribution in [2.45, 2.75) is 6.61 Å². The molecule has 0 atom stereocenters. The van der Waals surface area contributed by atoms with Crippen LogP contribution >= 0.6 is 15.9 Å². The van der Waals surface area contributed by atoms with Crippen molar-refractivity contribution in [3.05, 3.63) is 62.1 Å². The van der Waals surface area contributed by atoms with E-state index >= 15 is 0 Å². The molecule has 0 amide bonds. The van der Waals surface area contributed by atoms with Crippen LogP contribution in [0.1, 0.15) is 5.56 Å². The van der Waals surface area contributed by atoms with Gasteiger partial charge in [-0.3, -0.25) is 10.1 Å². The normalized spacial score (nSPS) is 10.4. The smallest absolute Gasteiger partial charge is 0.269 e. The van der Waals surface area contributed by atoms with Crippen LogP contribution in [0.25, 0.3) is 0 Å². The van der Waals surface area contributed by atoms with Gasteiger partial charge in [0.25, 0.3) is 5.69 Å². The fourth-order valence-electron chi connectivity index (χ4n) is 1.65. The van der Waals surface area contributed by atoms with Crippen LogP contribution in [-0.2, 0) is 6.61 Å². The lowest BCUT2D eigenvalue weighted by atomic mass is 10.1. The summed E-state index contributed by atoms with van der Waals surface area (Å²) in [6, 6.07) is 5.59. The summed E-state index contributed by atoms with van der Waals surface area (Å²) >= 11 is 2.98. The van der Waals surface area contributed by atoms with E-state index < -0.39 is 16.6 Å². The highest BCUT2D eigenvalue weighted by atomic mass is 79.9. The molecule has 0 radical (unpaired) electrons. The first kappa shape index (κ1) is 15.2. The third kappa shape index (κ3) is 3.46. The molecule has 0 bridgehead atoms. The molecular formula is C13H9BrF2N2O3. The number of ether oxygens (including phenoxy) is 1. The summed E-state index contributed by atoms with van der Waals surface area (Å²) in [5.74, 6) is -1.82. The van der Waals surface area contributed by atoms with Crippen molar-refractivity contribution in [1.29, 1.82) is 0 Å². The minimum Gasteiger partial charge on any atom is -0.485 e. The van der Waals surface area contributed by atoms with Gasteiger partial charge in [0, 0.05) is 29.4 Å². The van der Waals surface area contributed by atoms with Gasteiger partial charge >= 0.3 is 0 Å². The number of hydrogen-bond acceptors (Lipinski definition) is 4. The summed E-state index contributed by atoms with van der Waals surface area (Å²) in [5.41, 5.74) is 6.14. The lowest BCUT2D eigenvalue weighted by molar-refractivity contribution is -0.384. The number of nitrogens with two attached hydrogens (primary N) is 1. The zero-order valence-corrected chi connectivity index (χ0v) is 12.1. The lowest BCUT2D eigenvalue weighted by Crippen LogP contribution is -2.03. The van der Waals surface area contributed by atoms with Crippen molar-refractivity contribution < 1.29 is 18.4 Å². The Labute approximate surface area is 126 Å². The predicted molar refractivity (Wildman–Crippen MR) is 75.9 cm³/mol. The molecule has 0 aliphatic heterocycles. The lowest BCUT2D eigenvalue weighted by Gasteiger charge is -2.11. The van der Waals surface area contributed by atoms with Gasteiger partial charge in [-0.25, -0.2) is 8.78 Å². The van der Waals surface area contributed by atoms with E-state index in [-0.39, 0.29) is 28.2 Å². The molecular weight excluding hydrogens is 350 g/mol. The molecule has 0 fully saturated rings. The molecule has 21 heavy (non-hydrogen) atoms. The standard InChI is InChI=1S/C13H9BrF2N2O3/c14-10-4-8(15)5-11(16)13(10)21-6-7-3-9(18(19)20)1-2-12(7)17/h1-5H,6,17H2. The molecule has 2 aromatic rings. The van der Waals surface area contributed by atoms with Crippen LogP contribution in [0, 0.1) is 21.7 Å². The highest BCUT2D eigenvalue weighted by molar-refractivity contribution is 9.10. The number of benzene rings is 2. The van der Waals surface area contributed by atoms with E-state index in [9.17, 15) is 18.9 Å². The van der Waals surface area contributed by atoms with Gasteiger partial charge in [0.05, 0.1) is 9.40 Å². The number of nitro benzene ring substituents is 1. The molecule has 5 nitrogen and oxygen atoms in total. The van der Waals surface area contributed by atoms with Crippen molar-refractivity contribution in [2.24, 2.45) is 0 Å². The van der Waals surface area contributed by atoms with Gasteiger partial charge in [-0.1, -0.05) is 0 Å². The van der Waals surface area contributed by atoms with Crippen LogP contribution in [0.2, 0.25) is 0 Å². The van der Waals surface area contributed by atoms with E-state index in [2.05, 4.69) is 15.9 Å². The van der Waals surface area contributed by atoms with Gasteiger partial charge in [0.15, 0.2) is 11.6 Å². The molecule has 2 aromatic carbocycles. The Bertz CT molecular complexity index is 687. The summed E-state index contributed by atoms with van der Waals surface area (Å²) < 4.78 is 31.9. The average molecular weight is 359 g/mol. The van der Waals surface area contributed by atoms with E-state index in [0.29, 0.717) is 11.6 Å².